The number of carbonyl (C=O) groups is 2. The first-order valence-electron chi connectivity index (χ1n) is 6.66. The Morgan fingerprint density at radius 1 is 1.23 bits per heavy atom. The van der Waals surface area contributed by atoms with Crippen molar-refractivity contribution in [3.8, 4) is 0 Å². The Balaban J connectivity index is 1.79. The molecule has 5 nitrogen and oxygen atoms in total. The average molecular weight is 319 g/mol. The van der Waals surface area contributed by atoms with Crippen LogP contribution in [0.15, 0.2) is 42.6 Å². The minimum Gasteiger partial charge on any atom is -0.455 e. The van der Waals surface area contributed by atoms with Gasteiger partial charge in [0.1, 0.15) is 5.82 Å². The number of amides is 1. The molecule has 0 saturated carbocycles. The molecule has 0 aliphatic rings. The van der Waals surface area contributed by atoms with Gasteiger partial charge in [0, 0.05) is 6.20 Å². The number of halogens is 1. The Morgan fingerprint density at radius 3 is 2.68 bits per heavy atom. The summed E-state index contributed by atoms with van der Waals surface area (Å²) in [6.07, 6.45) is 1.56. The third-order valence-electron chi connectivity index (χ3n) is 2.96. The molecule has 0 aliphatic heterocycles. The van der Waals surface area contributed by atoms with E-state index in [1.54, 1.807) is 12.1 Å². The Kier molecular flexibility index (Phi) is 5.49. The molecule has 0 spiro atoms. The molecule has 0 radical (unpaired) electrons. The first-order valence-corrected chi connectivity index (χ1v) is 7.04. The summed E-state index contributed by atoms with van der Waals surface area (Å²) in [5.74, 6) is -0.550. The number of rotatable bonds is 5. The van der Waals surface area contributed by atoms with Gasteiger partial charge in [-0.25, -0.2) is 4.98 Å². The summed E-state index contributed by atoms with van der Waals surface area (Å²) in [7, 11) is 0. The standard InChI is InChI=1S/C16H15ClN2O3/c1-11-4-2-3-5-12(11)8-16(21)22-10-15(20)19-14-7-6-13(17)9-18-14/h2-7,9H,8,10H2,1H3,(H,18,19,20). The third-order valence-corrected chi connectivity index (χ3v) is 3.18. The number of esters is 1. The summed E-state index contributed by atoms with van der Waals surface area (Å²) in [4.78, 5) is 27.3. The van der Waals surface area contributed by atoms with E-state index >= 15 is 0 Å². The van der Waals surface area contributed by atoms with E-state index in [-0.39, 0.29) is 13.0 Å². The van der Waals surface area contributed by atoms with Crippen LogP contribution in [-0.4, -0.2) is 23.5 Å². The molecule has 0 atom stereocenters. The van der Waals surface area contributed by atoms with Gasteiger partial charge in [0.2, 0.25) is 0 Å². The molecule has 0 bridgehead atoms. The second-order valence-corrected chi connectivity index (χ2v) is 5.11. The van der Waals surface area contributed by atoms with Crippen LogP contribution in [0.1, 0.15) is 11.1 Å². The van der Waals surface area contributed by atoms with Crippen LogP contribution < -0.4 is 5.32 Å². The lowest BCUT2D eigenvalue weighted by Crippen LogP contribution is -2.22. The summed E-state index contributed by atoms with van der Waals surface area (Å²) in [6.45, 7) is 1.57. The van der Waals surface area contributed by atoms with Gasteiger partial charge in [-0.3, -0.25) is 9.59 Å². The van der Waals surface area contributed by atoms with Crippen LogP contribution in [0.2, 0.25) is 5.02 Å². The normalized spacial score (nSPS) is 10.1. The molecule has 0 aliphatic carbocycles. The van der Waals surface area contributed by atoms with Gasteiger partial charge in [-0.05, 0) is 30.2 Å². The zero-order valence-electron chi connectivity index (χ0n) is 12.0. The molecular weight excluding hydrogens is 304 g/mol. The van der Waals surface area contributed by atoms with Crippen LogP contribution in [0.25, 0.3) is 0 Å². The highest BCUT2D eigenvalue weighted by atomic mass is 35.5. The molecule has 1 heterocycles. The van der Waals surface area contributed by atoms with Gasteiger partial charge in [0.25, 0.3) is 5.91 Å². The molecule has 22 heavy (non-hydrogen) atoms. The van der Waals surface area contributed by atoms with Gasteiger partial charge >= 0.3 is 5.97 Å². The molecule has 0 unspecified atom stereocenters. The number of pyridine rings is 1. The molecule has 114 valence electrons. The van der Waals surface area contributed by atoms with Crippen molar-refractivity contribution in [2.45, 2.75) is 13.3 Å². The fourth-order valence-corrected chi connectivity index (χ4v) is 1.90. The van der Waals surface area contributed by atoms with Crippen LogP contribution in [0.3, 0.4) is 0 Å². The van der Waals surface area contributed by atoms with Crippen molar-refractivity contribution < 1.29 is 14.3 Å². The number of nitrogens with one attached hydrogen (secondary N) is 1. The fourth-order valence-electron chi connectivity index (χ4n) is 1.79. The highest BCUT2D eigenvalue weighted by Gasteiger charge is 2.10. The van der Waals surface area contributed by atoms with E-state index in [0.717, 1.165) is 11.1 Å². The number of carbonyl (C=O) groups excluding carboxylic acids is 2. The number of nitrogens with zero attached hydrogens (tertiary/aromatic N) is 1. The van der Waals surface area contributed by atoms with Gasteiger partial charge in [0.05, 0.1) is 11.4 Å². The molecule has 1 aromatic heterocycles. The van der Waals surface area contributed by atoms with Gasteiger partial charge in [-0.1, -0.05) is 35.9 Å². The maximum absolute atomic E-state index is 11.7. The Labute approximate surface area is 133 Å². The maximum atomic E-state index is 11.7. The maximum Gasteiger partial charge on any atom is 0.310 e. The lowest BCUT2D eigenvalue weighted by Gasteiger charge is -2.07. The molecule has 6 heteroatoms. The number of aromatic nitrogens is 1. The number of aryl methyl sites for hydroxylation is 1. The van der Waals surface area contributed by atoms with E-state index in [1.807, 2.05) is 31.2 Å². The van der Waals surface area contributed by atoms with Gasteiger partial charge in [-0.15, -0.1) is 0 Å². The minimum absolute atomic E-state index is 0.138. The van der Waals surface area contributed by atoms with Crippen molar-refractivity contribution in [1.82, 2.24) is 4.98 Å². The highest BCUT2D eigenvalue weighted by molar-refractivity contribution is 6.30. The SMILES string of the molecule is Cc1ccccc1CC(=O)OCC(=O)Nc1ccc(Cl)cn1. The van der Waals surface area contributed by atoms with Crippen molar-refractivity contribution >= 4 is 29.3 Å². The van der Waals surface area contributed by atoms with Crippen LogP contribution >= 0.6 is 11.6 Å². The molecule has 1 N–H and O–H groups in total. The average Bonchev–Trinajstić information content (AvgIpc) is 2.50. The van der Waals surface area contributed by atoms with Crippen molar-refractivity contribution in [2.75, 3.05) is 11.9 Å². The van der Waals surface area contributed by atoms with Crippen molar-refractivity contribution in [2.24, 2.45) is 0 Å². The molecule has 2 rings (SSSR count). The quantitative estimate of drug-likeness (QED) is 0.861. The predicted molar refractivity (Wildman–Crippen MR) is 83.7 cm³/mol. The summed E-state index contributed by atoms with van der Waals surface area (Å²) >= 11 is 5.70. The van der Waals surface area contributed by atoms with Crippen LogP contribution in [0, 0.1) is 6.92 Å². The number of ether oxygens (including phenoxy) is 1. The topological polar surface area (TPSA) is 68.3 Å². The Morgan fingerprint density at radius 2 is 2.00 bits per heavy atom. The smallest absolute Gasteiger partial charge is 0.310 e. The second-order valence-electron chi connectivity index (χ2n) is 4.67. The molecule has 1 aromatic carbocycles. The van der Waals surface area contributed by atoms with Crippen molar-refractivity contribution in [1.29, 1.82) is 0 Å². The number of anilines is 1. The first kappa shape index (κ1) is 16.0. The molecule has 1 amide bonds. The molecule has 0 fully saturated rings. The van der Waals surface area contributed by atoms with Gasteiger partial charge in [0.15, 0.2) is 6.61 Å². The van der Waals surface area contributed by atoms with E-state index in [1.165, 1.54) is 6.20 Å². The van der Waals surface area contributed by atoms with Gasteiger partial charge in [-0.2, -0.15) is 0 Å². The van der Waals surface area contributed by atoms with Crippen LogP contribution in [-0.2, 0) is 20.7 Å². The lowest BCUT2D eigenvalue weighted by molar-refractivity contribution is -0.146. The zero-order chi connectivity index (χ0) is 15.9. The monoisotopic (exact) mass is 318 g/mol. The summed E-state index contributed by atoms with van der Waals surface area (Å²) in [6, 6.07) is 10.7. The van der Waals surface area contributed by atoms with E-state index in [2.05, 4.69) is 10.3 Å². The van der Waals surface area contributed by atoms with E-state index in [4.69, 9.17) is 16.3 Å². The summed E-state index contributed by atoms with van der Waals surface area (Å²) in [5.41, 5.74) is 1.89. The third kappa shape index (κ3) is 4.86. The lowest BCUT2D eigenvalue weighted by atomic mass is 10.1. The Bertz CT molecular complexity index is 671. The summed E-state index contributed by atoms with van der Waals surface area (Å²) < 4.78 is 4.95. The Hall–Kier alpha value is -2.40. The molecule has 2 aromatic rings. The second kappa shape index (κ2) is 7.56. The largest absolute Gasteiger partial charge is 0.455 e. The minimum atomic E-state index is -0.451. The highest BCUT2D eigenvalue weighted by Crippen LogP contribution is 2.10. The molecule has 0 saturated heterocycles. The van der Waals surface area contributed by atoms with Crippen LogP contribution in [0.4, 0.5) is 5.82 Å². The fraction of sp³-hybridized carbons (Fsp3) is 0.188. The van der Waals surface area contributed by atoms with E-state index < -0.39 is 11.9 Å². The van der Waals surface area contributed by atoms with E-state index in [9.17, 15) is 9.59 Å². The number of hydrogen-bond donors (Lipinski definition) is 1. The van der Waals surface area contributed by atoms with Gasteiger partial charge < -0.3 is 10.1 Å². The number of hydrogen-bond acceptors (Lipinski definition) is 4. The number of benzene rings is 1. The first-order chi connectivity index (χ1) is 10.5. The predicted octanol–water partition coefficient (Wildman–Crippen LogP) is 2.77. The van der Waals surface area contributed by atoms with Crippen molar-refractivity contribution in [3.63, 3.8) is 0 Å². The van der Waals surface area contributed by atoms with Crippen LogP contribution in [0.5, 0.6) is 0 Å². The zero-order valence-corrected chi connectivity index (χ0v) is 12.8. The summed E-state index contributed by atoms with van der Waals surface area (Å²) in [5, 5.41) is 2.99. The van der Waals surface area contributed by atoms with Crippen molar-refractivity contribution in [3.05, 3.63) is 58.7 Å². The molecular formula is C16H15ClN2O3. The van der Waals surface area contributed by atoms with E-state index in [0.29, 0.717) is 10.8 Å².